The van der Waals surface area contributed by atoms with Gasteiger partial charge in [-0.2, -0.15) is 0 Å². The third kappa shape index (κ3) is 5.08. The van der Waals surface area contributed by atoms with Gasteiger partial charge in [0.2, 0.25) is 12.8 Å². The first-order chi connectivity index (χ1) is 11.2. The lowest BCUT2D eigenvalue weighted by Gasteiger charge is -2.22. The zero-order valence-corrected chi connectivity index (χ0v) is 12.7. The molecule has 2 aromatic rings. The molecule has 0 saturated heterocycles. The van der Waals surface area contributed by atoms with Crippen LogP contribution < -0.4 is 5.32 Å². The summed E-state index contributed by atoms with van der Waals surface area (Å²) in [6.07, 6.45) is 12.4. The minimum atomic E-state index is -1.75. The predicted molar refractivity (Wildman–Crippen MR) is 82.7 cm³/mol. The van der Waals surface area contributed by atoms with Crippen LogP contribution in [0.25, 0.3) is 5.82 Å². The van der Waals surface area contributed by atoms with Crippen molar-refractivity contribution in [2.45, 2.75) is 38.1 Å². The van der Waals surface area contributed by atoms with Crippen LogP contribution in [0.2, 0.25) is 0 Å². The number of aromatic nitrogens is 4. The second-order valence-electron chi connectivity index (χ2n) is 5.12. The predicted octanol–water partition coefficient (Wildman–Crippen LogP) is 2.85. The van der Waals surface area contributed by atoms with E-state index in [0.29, 0.717) is 5.82 Å². The van der Waals surface area contributed by atoms with E-state index < -0.39 is 6.93 Å². The zero-order valence-electron chi connectivity index (χ0n) is 12.7. The Morgan fingerprint density at radius 3 is 2.70 bits per heavy atom. The normalized spacial score (nSPS) is 14.7. The number of halogens is 2. The Bertz CT molecular complexity index is 606. The topological polar surface area (TPSA) is 72.7 Å². The van der Waals surface area contributed by atoms with Gasteiger partial charge in [0.25, 0.3) is 5.91 Å². The number of carbonyl (C=O) groups excluding carboxylic acids is 1. The van der Waals surface area contributed by atoms with Crippen molar-refractivity contribution in [2.24, 2.45) is 0 Å². The molecule has 1 aliphatic carbocycles. The molecule has 0 bridgehead atoms. The molecule has 0 atom stereocenters. The van der Waals surface area contributed by atoms with E-state index in [0.717, 1.165) is 12.8 Å². The molecule has 1 fully saturated rings. The second kappa shape index (κ2) is 8.92. The number of nitrogens with zero attached hydrogens (tertiary/aromatic N) is 4. The lowest BCUT2D eigenvalue weighted by molar-refractivity contribution is 0.0917. The summed E-state index contributed by atoms with van der Waals surface area (Å²) in [5.41, 5.74) is 0. The van der Waals surface area contributed by atoms with Crippen LogP contribution in [0.1, 0.15) is 44.1 Å². The number of hydrogen-bond donors (Lipinski definition) is 1. The highest BCUT2D eigenvalue weighted by Gasteiger charge is 2.18. The van der Waals surface area contributed by atoms with Crippen LogP contribution in [0.5, 0.6) is 0 Å². The monoisotopic (exact) mass is 325 g/mol. The van der Waals surface area contributed by atoms with Crippen LogP contribution in [0.3, 0.4) is 0 Å². The maximum Gasteiger partial charge on any atom is 0.289 e. The summed E-state index contributed by atoms with van der Waals surface area (Å²) in [7, 11) is 0. The fraction of sp³-hybridized carbons (Fsp3) is 0.467. The van der Waals surface area contributed by atoms with Gasteiger partial charge < -0.3 is 5.32 Å². The van der Waals surface area contributed by atoms with Gasteiger partial charge in [0.1, 0.15) is 12.1 Å². The highest BCUT2D eigenvalue weighted by molar-refractivity contribution is 5.90. The van der Waals surface area contributed by atoms with Gasteiger partial charge in [0, 0.05) is 26.1 Å². The molecule has 1 saturated carbocycles. The van der Waals surface area contributed by atoms with Crippen molar-refractivity contribution in [3.8, 4) is 5.82 Å². The van der Waals surface area contributed by atoms with Gasteiger partial charge in [-0.05, 0) is 18.9 Å². The van der Waals surface area contributed by atoms with Crippen molar-refractivity contribution in [2.75, 3.05) is 6.93 Å². The first-order valence-corrected chi connectivity index (χ1v) is 7.48. The first-order valence-electron chi connectivity index (χ1n) is 7.48. The van der Waals surface area contributed by atoms with E-state index in [1.807, 2.05) is 0 Å². The molecule has 0 radical (unpaired) electrons. The van der Waals surface area contributed by atoms with E-state index >= 15 is 0 Å². The van der Waals surface area contributed by atoms with E-state index in [1.54, 1.807) is 35.6 Å². The molecule has 1 aliphatic rings. The summed E-state index contributed by atoms with van der Waals surface area (Å²) in [6, 6.07) is 2.01. The summed E-state index contributed by atoms with van der Waals surface area (Å²) in [5.74, 6) is 0.659. The van der Waals surface area contributed by atoms with E-state index in [2.05, 4.69) is 20.3 Å². The van der Waals surface area contributed by atoms with E-state index in [1.165, 1.54) is 19.3 Å². The van der Waals surface area contributed by atoms with Crippen LogP contribution in [0.15, 0.2) is 31.0 Å². The number of hydrogen-bond acceptors (Lipinski definition) is 4. The molecule has 2 heterocycles. The third-order valence-corrected chi connectivity index (χ3v) is 3.55. The van der Waals surface area contributed by atoms with Gasteiger partial charge in [-0.25, -0.2) is 23.7 Å². The average Bonchev–Trinajstić information content (AvgIpc) is 3.11. The summed E-state index contributed by atoms with van der Waals surface area (Å²) in [6.45, 7) is -1.75. The van der Waals surface area contributed by atoms with Crippen molar-refractivity contribution in [1.29, 1.82) is 0 Å². The van der Waals surface area contributed by atoms with E-state index in [-0.39, 0.29) is 19.2 Å². The molecule has 2 aromatic heterocycles. The van der Waals surface area contributed by atoms with Crippen LogP contribution in [0.4, 0.5) is 8.78 Å². The summed E-state index contributed by atoms with van der Waals surface area (Å²) < 4.78 is 21.0. The van der Waals surface area contributed by atoms with Gasteiger partial charge in [-0.3, -0.25) is 9.36 Å². The van der Waals surface area contributed by atoms with Gasteiger partial charge in [-0.15, -0.1) is 0 Å². The number of rotatable bonds is 3. The lowest BCUT2D eigenvalue weighted by atomic mass is 9.95. The Morgan fingerprint density at radius 2 is 2.04 bits per heavy atom. The number of amides is 1. The first kappa shape index (κ1) is 17.0. The van der Waals surface area contributed by atoms with Crippen molar-refractivity contribution in [1.82, 2.24) is 24.8 Å². The number of imidazole rings is 1. The van der Waals surface area contributed by atoms with E-state index in [9.17, 15) is 13.6 Å². The SMILES string of the molecule is FCF.O=C(NC1CCCCC1)c1nccc(-n2ccnc2)n1.[HH]. The quantitative estimate of drug-likeness (QED) is 0.942. The fourth-order valence-corrected chi connectivity index (χ4v) is 2.49. The van der Waals surface area contributed by atoms with Gasteiger partial charge in [0.15, 0.2) is 0 Å². The molecule has 1 N–H and O–H groups in total. The highest BCUT2D eigenvalue weighted by Crippen LogP contribution is 2.17. The van der Waals surface area contributed by atoms with Gasteiger partial charge in [-0.1, -0.05) is 19.3 Å². The molecule has 0 spiro atoms. The molecular weight excluding hydrogens is 304 g/mol. The minimum absolute atomic E-state index is 0. The zero-order chi connectivity index (χ0) is 16.5. The van der Waals surface area contributed by atoms with Crippen molar-refractivity contribution < 1.29 is 15.0 Å². The second-order valence-corrected chi connectivity index (χ2v) is 5.12. The van der Waals surface area contributed by atoms with Crippen LogP contribution in [-0.2, 0) is 0 Å². The summed E-state index contributed by atoms with van der Waals surface area (Å²) in [4.78, 5) is 24.5. The van der Waals surface area contributed by atoms with Crippen molar-refractivity contribution in [3.63, 3.8) is 0 Å². The summed E-state index contributed by atoms with van der Waals surface area (Å²) in [5, 5.41) is 3.02. The molecule has 1 amide bonds. The van der Waals surface area contributed by atoms with Crippen LogP contribution in [-0.4, -0.2) is 38.4 Å². The summed E-state index contributed by atoms with van der Waals surface area (Å²) >= 11 is 0. The molecule has 0 unspecified atom stereocenters. The standard InChI is InChI=1S/C14H17N5O.CH2F2.H2/c20-14(17-11-4-2-1-3-5-11)13-16-7-6-12(18-13)19-9-8-15-10-19;2-1-3;/h6-11H,1-5H2,(H,17,20);1H2;1H. The largest absolute Gasteiger partial charge is 0.347 e. The molecular formula is C15H21F2N5O. The Balaban J connectivity index is 0.000000671. The van der Waals surface area contributed by atoms with Crippen molar-refractivity contribution >= 4 is 5.91 Å². The Morgan fingerprint density at radius 1 is 1.30 bits per heavy atom. The number of alkyl halides is 2. The third-order valence-electron chi connectivity index (χ3n) is 3.55. The Kier molecular flexibility index (Phi) is 6.58. The fourth-order valence-electron chi connectivity index (χ4n) is 2.49. The highest BCUT2D eigenvalue weighted by atomic mass is 19.3. The molecule has 3 rings (SSSR count). The average molecular weight is 325 g/mol. The molecule has 8 heteroatoms. The lowest BCUT2D eigenvalue weighted by Crippen LogP contribution is -2.37. The smallest absolute Gasteiger partial charge is 0.289 e. The maximum atomic E-state index is 12.2. The van der Waals surface area contributed by atoms with Crippen LogP contribution >= 0.6 is 0 Å². The Labute approximate surface area is 134 Å². The van der Waals surface area contributed by atoms with E-state index in [4.69, 9.17) is 0 Å². The molecule has 23 heavy (non-hydrogen) atoms. The molecule has 6 nitrogen and oxygen atoms in total. The van der Waals surface area contributed by atoms with Crippen molar-refractivity contribution in [3.05, 3.63) is 36.8 Å². The molecule has 0 aliphatic heterocycles. The Hall–Kier alpha value is -2.38. The molecule has 0 aromatic carbocycles. The van der Waals surface area contributed by atoms with Gasteiger partial charge >= 0.3 is 0 Å². The number of carbonyl (C=O) groups is 1. The maximum absolute atomic E-state index is 12.2. The molecule has 126 valence electrons. The minimum Gasteiger partial charge on any atom is -0.347 e. The number of nitrogens with one attached hydrogen (secondary N) is 1. The van der Waals surface area contributed by atoms with Crippen LogP contribution in [0, 0.1) is 0 Å². The van der Waals surface area contributed by atoms with Gasteiger partial charge in [0.05, 0.1) is 0 Å².